The van der Waals surface area contributed by atoms with Gasteiger partial charge in [-0.15, -0.1) is 0 Å². The molecular formula is C35H42N10O4. The molecule has 2 aromatic carbocycles. The number of hydrogen-bond donors (Lipinski definition) is 3. The van der Waals surface area contributed by atoms with Gasteiger partial charge in [-0.25, -0.2) is 9.97 Å². The Morgan fingerprint density at radius 2 is 1.37 bits per heavy atom. The van der Waals surface area contributed by atoms with Crippen molar-refractivity contribution >= 4 is 45.8 Å². The molecule has 6 aromatic rings. The Morgan fingerprint density at radius 1 is 0.776 bits per heavy atom. The molecular weight excluding hydrogens is 624 g/mol. The number of aliphatic hydroxyl groups is 1. The van der Waals surface area contributed by atoms with Crippen LogP contribution < -0.4 is 15.4 Å². The predicted octanol–water partition coefficient (Wildman–Crippen LogP) is 5.10. The number of unbranched alkanes of at least 4 members (excludes halogenated alkanes) is 1. The van der Waals surface area contributed by atoms with E-state index in [-0.39, 0.29) is 25.0 Å². The minimum atomic E-state index is -0.308. The Balaban J connectivity index is 1.25. The van der Waals surface area contributed by atoms with Gasteiger partial charge < -0.3 is 19.0 Å². The van der Waals surface area contributed by atoms with E-state index in [1.807, 2.05) is 74.1 Å². The highest BCUT2D eigenvalue weighted by molar-refractivity contribution is 6.04. The Bertz CT molecular complexity index is 2140. The summed E-state index contributed by atoms with van der Waals surface area (Å²) in [6.07, 6.45) is 1.46. The van der Waals surface area contributed by atoms with Crippen LogP contribution in [0, 0.1) is 20.8 Å². The molecule has 0 atom stereocenters. The number of aryl methyl sites for hydroxylation is 7. The SMILES string of the molecule is CCn1nc(C)cc1C(=O)Nc1nc2cc(C)ccc2n1CCCCn1c(NC(=O)c2cc(C)nn2CC)nc2c(OCCO)cccc21. The minimum Gasteiger partial charge on any atom is -0.489 e. The van der Waals surface area contributed by atoms with Crippen LogP contribution in [-0.2, 0) is 26.2 Å². The molecule has 14 heteroatoms. The summed E-state index contributed by atoms with van der Waals surface area (Å²) in [7, 11) is 0. The summed E-state index contributed by atoms with van der Waals surface area (Å²) in [5.41, 5.74) is 6.66. The molecule has 0 aliphatic heterocycles. The van der Waals surface area contributed by atoms with Gasteiger partial charge in [-0.05, 0) is 89.4 Å². The molecule has 0 bridgehead atoms. The van der Waals surface area contributed by atoms with Crippen molar-refractivity contribution in [3.8, 4) is 5.75 Å². The van der Waals surface area contributed by atoms with Crippen molar-refractivity contribution in [1.29, 1.82) is 0 Å². The van der Waals surface area contributed by atoms with Crippen LogP contribution in [0.5, 0.6) is 5.75 Å². The number of imidazole rings is 2. The standard InChI is InChI=1S/C35H42N10O4/c1-6-44-28(20-23(4)40-44)32(47)38-34-36-25-19-22(3)13-14-26(25)42(34)15-8-9-16-43-27-11-10-12-30(49-18-17-46)31(27)37-35(43)39-33(48)29-21-24(5)41-45(29)7-2/h10-14,19-21,46H,6-9,15-18H2,1-5H3,(H,36,38,47)(H,37,39,48). The third kappa shape index (κ3) is 6.90. The van der Waals surface area contributed by atoms with E-state index < -0.39 is 0 Å². The van der Waals surface area contributed by atoms with Gasteiger partial charge in [0.15, 0.2) is 0 Å². The average molecular weight is 667 g/mol. The monoisotopic (exact) mass is 666 g/mol. The van der Waals surface area contributed by atoms with Crippen molar-refractivity contribution in [2.75, 3.05) is 23.8 Å². The summed E-state index contributed by atoms with van der Waals surface area (Å²) in [5.74, 6) is 0.815. The number of rotatable bonds is 14. The highest BCUT2D eigenvalue weighted by Crippen LogP contribution is 2.29. The average Bonchev–Trinajstić information content (AvgIpc) is 3.84. The number of amides is 2. The molecule has 4 aromatic heterocycles. The topological polar surface area (TPSA) is 159 Å². The summed E-state index contributed by atoms with van der Waals surface area (Å²) in [6.45, 7) is 11.9. The molecule has 6 rings (SSSR count). The number of nitrogens with one attached hydrogen (secondary N) is 2. The van der Waals surface area contributed by atoms with E-state index in [0.717, 1.165) is 46.3 Å². The fourth-order valence-electron chi connectivity index (χ4n) is 6.09. The van der Waals surface area contributed by atoms with Gasteiger partial charge in [-0.3, -0.25) is 29.6 Å². The van der Waals surface area contributed by atoms with E-state index in [1.54, 1.807) is 27.6 Å². The second kappa shape index (κ2) is 14.3. The summed E-state index contributed by atoms with van der Waals surface area (Å²) in [4.78, 5) is 36.4. The van der Waals surface area contributed by atoms with Gasteiger partial charge >= 0.3 is 0 Å². The molecule has 0 fully saturated rings. The Morgan fingerprint density at radius 3 is 1.96 bits per heavy atom. The van der Waals surface area contributed by atoms with E-state index in [0.29, 0.717) is 60.7 Å². The first-order valence-corrected chi connectivity index (χ1v) is 16.6. The maximum absolute atomic E-state index is 13.5. The van der Waals surface area contributed by atoms with Gasteiger partial charge in [0.05, 0.1) is 34.5 Å². The van der Waals surface area contributed by atoms with Crippen molar-refractivity contribution in [1.82, 2.24) is 38.7 Å². The summed E-state index contributed by atoms with van der Waals surface area (Å²) in [6, 6.07) is 15.2. The van der Waals surface area contributed by atoms with Crippen molar-refractivity contribution < 1.29 is 19.4 Å². The molecule has 0 unspecified atom stereocenters. The molecule has 3 N–H and O–H groups in total. The number of fused-ring (bicyclic) bond motifs is 2. The lowest BCUT2D eigenvalue weighted by atomic mass is 10.2. The molecule has 49 heavy (non-hydrogen) atoms. The number of carbonyl (C=O) groups is 2. The van der Waals surface area contributed by atoms with E-state index in [4.69, 9.17) is 14.7 Å². The maximum atomic E-state index is 13.5. The van der Waals surface area contributed by atoms with Crippen molar-refractivity contribution in [2.45, 2.75) is 73.6 Å². The van der Waals surface area contributed by atoms with Crippen molar-refractivity contribution in [3.63, 3.8) is 0 Å². The lowest BCUT2D eigenvalue weighted by Crippen LogP contribution is -2.20. The Kier molecular flexibility index (Phi) is 9.76. The molecule has 0 aliphatic rings. The number of aromatic nitrogens is 8. The van der Waals surface area contributed by atoms with Crippen LogP contribution in [0.4, 0.5) is 11.9 Å². The third-order valence-electron chi connectivity index (χ3n) is 8.33. The number of carbonyl (C=O) groups excluding carboxylic acids is 2. The van der Waals surface area contributed by atoms with Crippen LogP contribution in [0.25, 0.3) is 22.1 Å². The summed E-state index contributed by atoms with van der Waals surface area (Å²) >= 11 is 0. The van der Waals surface area contributed by atoms with Crippen LogP contribution in [0.3, 0.4) is 0 Å². The first-order valence-electron chi connectivity index (χ1n) is 16.6. The number of ether oxygens (including phenoxy) is 1. The number of anilines is 2. The molecule has 0 radical (unpaired) electrons. The smallest absolute Gasteiger partial charge is 0.276 e. The Hall–Kier alpha value is -5.50. The van der Waals surface area contributed by atoms with Gasteiger partial charge in [-0.2, -0.15) is 10.2 Å². The van der Waals surface area contributed by atoms with E-state index in [9.17, 15) is 14.7 Å². The van der Waals surface area contributed by atoms with Crippen molar-refractivity contribution in [2.24, 2.45) is 0 Å². The predicted molar refractivity (Wildman–Crippen MR) is 187 cm³/mol. The zero-order valence-corrected chi connectivity index (χ0v) is 28.5. The Labute approximate surface area is 283 Å². The molecule has 2 amide bonds. The highest BCUT2D eigenvalue weighted by Gasteiger charge is 2.21. The van der Waals surface area contributed by atoms with Crippen LogP contribution in [0.2, 0.25) is 0 Å². The van der Waals surface area contributed by atoms with Crippen LogP contribution in [-0.4, -0.2) is 68.8 Å². The van der Waals surface area contributed by atoms with Crippen molar-refractivity contribution in [3.05, 3.63) is 76.9 Å². The lowest BCUT2D eigenvalue weighted by molar-refractivity contribution is 0.100. The van der Waals surface area contributed by atoms with Gasteiger partial charge in [-0.1, -0.05) is 12.1 Å². The zero-order chi connectivity index (χ0) is 34.7. The maximum Gasteiger partial charge on any atom is 0.276 e. The van der Waals surface area contributed by atoms with Gasteiger partial charge in [0.1, 0.15) is 29.3 Å². The normalized spacial score (nSPS) is 11.5. The molecule has 0 saturated carbocycles. The summed E-state index contributed by atoms with van der Waals surface area (Å²) in [5, 5.41) is 24.2. The molecule has 0 spiro atoms. The lowest BCUT2D eigenvalue weighted by Gasteiger charge is -2.13. The van der Waals surface area contributed by atoms with Gasteiger partial charge in [0.2, 0.25) is 11.9 Å². The third-order valence-corrected chi connectivity index (χ3v) is 8.33. The van der Waals surface area contributed by atoms with E-state index in [1.165, 1.54) is 0 Å². The fourth-order valence-corrected chi connectivity index (χ4v) is 6.09. The number of benzene rings is 2. The molecule has 0 saturated heterocycles. The first kappa shape index (κ1) is 33.4. The quantitative estimate of drug-likeness (QED) is 0.136. The largest absolute Gasteiger partial charge is 0.489 e. The fraction of sp³-hybridized carbons (Fsp3) is 0.371. The first-order chi connectivity index (χ1) is 23.7. The molecule has 4 heterocycles. The number of hydrogen-bond acceptors (Lipinski definition) is 8. The number of para-hydroxylation sites is 1. The van der Waals surface area contributed by atoms with E-state index in [2.05, 4.69) is 20.8 Å². The van der Waals surface area contributed by atoms with Crippen LogP contribution in [0.15, 0.2) is 48.5 Å². The van der Waals surface area contributed by atoms with E-state index >= 15 is 0 Å². The second-order valence-electron chi connectivity index (χ2n) is 12.0. The number of aliphatic hydroxyl groups excluding tert-OH is 1. The molecule has 14 nitrogen and oxygen atoms in total. The number of nitrogens with zero attached hydrogens (tertiary/aromatic N) is 8. The molecule has 256 valence electrons. The van der Waals surface area contributed by atoms with Gasteiger partial charge in [0.25, 0.3) is 11.8 Å². The van der Waals surface area contributed by atoms with Crippen LogP contribution >= 0.6 is 0 Å². The second-order valence-corrected chi connectivity index (χ2v) is 12.0. The summed E-state index contributed by atoms with van der Waals surface area (Å²) < 4.78 is 13.1. The van der Waals surface area contributed by atoms with Crippen LogP contribution in [0.1, 0.15) is 64.6 Å². The van der Waals surface area contributed by atoms with Gasteiger partial charge in [0, 0.05) is 26.2 Å². The highest BCUT2D eigenvalue weighted by atomic mass is 16.5. The minimum absolute atomic E-state index is 0.125. The molecule has 0 aliphatic carbocycles. The zero-order valence-electron chi connectivity index (χ0n) is 28.5.